The van der Waals surface area contributed by atoms with Crippen LogP contribution in [-0.2, 0) is 119 Å². The van der Waals surface area contributed by atoms with Gasteiger partial charge >= 0.3 is 102 Å². The first-order valence-corrected chi connectivity index (χ1v) is 52.6. The van der Waals surface area contributed by atoms with Gasteiger partial charge in [-0.05, 0) is 191 Å². The van der Waals surface area contributed by atoms with Crippen molar-refractivity contribution in [2.75, 3.05) is 132 Å². The highest BCUT2D eigenvalue weighted by atomic mass is 16.7. The molecule has 8 atom stereocenters. The molecule has 0 rings (SSSR count). The highest BCUT2D eigenvalue weighted by Crippen LogP contribution is 2.26. The van der Waals surface area contributed by atoms with Gasteiger partial charge in [0, 0.05) is 128 Å². The minimum Gasteiger partial charge on any atom is -0.462 e. The van der Waals surface area contributed by atoms with Crippen LogP contribution in [0.5, 0.6) is 0 Å². The quantitative estimate of drug-likeness (QED) is 0.0139. The molecule has 0 saturated heterocycles. The molecule has 0 aromatic carbocycles. The number of carbonyl (C=O) groups excluding carboxylic acids is 15. The van der Waals surface area contributed by atoms with E-state index >= 15 is 0 Å². The maximum absolute atomic E-state index is 14.2. The predicted octanol–water partition coefficient (Wildman–Crippen LogP) is 6.25. The first-order valence-electron chi connectivity index (χ1n) is 52.6. The van der Waals surface area contributed by atoms with Crippen LogP contribution in [0.15, 0.2) is 0 Å². The second-order valence-corrected chi connectivity index (χ2v) is 38.0. The topological polar surface area (TPSA) is 541 Å². The molecule has 144 heavy (non-hydrogen) atoms. The molecule has 0 heterocycles. The Morgan fingerprint density at radius 2 is 0.528 bits per heavy atom. The second kappa shape index (κ2) is 82.9. The van der Waals surface area contributed by atoms with E-state index in [4.69, 9.17) is 47.4 Å². The standard InChI is InChI=1S/C96H181B6N11O31/c1-73(114)135-71-84(137-75(3)116)89(139-77(5)118)91(141-79(7)120)93(143-81(9)122)95(127)105-57-67-109(68-58-106-96(128)94(144-82(10)123)92(142-80(8)121)90(140-78(6)119)85(138-76(4)117)72-136-74(2)115)88(126)54-53-87(125)104-56-43-39-35-33-31-29-27-25-23-21-19-20-22-24-26-28-30-32-34-38-42-52-86(124)103-55-44-40-36-37-41-51-83(69-112(101(15)133)63-47-45-61-110(99(13)131)65-49-59-107(17)97(11)129)70-113(102(16)134)64-48-46-62-111(100(14)132)66-50-60-108(18)98(12)130/h83-85,89-94,129-134H,19-72H2,1-18H3,(H,103,124)(H,104,125)(H,105,127)(H,106,128)/t84-,85+,89+,90-,91-,92-,93+,94-/m0/s1. The fraction of sp³-hybridized carbons (Fsp3) is 0.844. The fourth-order valence-corrected chi connectivity index (χ4v) is 16.7. The van der Waals surface area contributed by atoms with Crippen molar-refractivity contribution in [1.82, 2.24) is 55.0 Å². The number of rotatable bonds is 89. The van der Waals surface area contributed by atoms with Gasteiger partial charge in [-0.25, -0.2) is 0 Å². The van der Waals surface area contributed by atoms with E-state index in [1.807, 2.05) is 37.4 Å². The predicted molar refractivity (Wildman–Crippen MR) is 551 cm³/mol. The van der Waals surface area contributed by atoms with Gasteiger partial charge in [-0.2, -0.15) is 0 Å². The number of hydrogen-bond acceptors (Lipinski definition) is 37. The van der Waals surface area contributed by atoms with Crippen LogP contribution in [0.2, 0.25) is 40.9 Å². The van der Waals surface area contributed by atoms with Crippen LogP contribution in [0.3, 0.4) is 0 Å². The average Bonchev–Trinajstić information content (AvgIpc) is 0.819. The number of amides is 5. The summed E-state index contributed by atoms with van der Waals surface area (Å²) in [5, 5.41) is 74.0. The number of nitrogens with one attached hydrogen (secondary N) is 4. The zero-order valence-corrected chi connectivity index (χ0v) is 90.4. The van der Waals surface area contributed by atoms with Gasteiger partial charge in [-0.3, -0.25) is 71.9 Å². The molecule has 0 bridgehead atoms. The average molecular weight is 2050 g/mol. The molecule has 0 aliphatic rings. The molecule has 48 heteroatoms. The summed E-state index contributed by atoms with van der Waals surface area (Å²) in [6.45, 7) is 24.5. The van der Waals surface area contributed by atoms with Crippen molar-refractivity contribution in [2.24, 2.45) is 5.92 Å². The third-order valence-electron chi connectivity index (χ3n) is 24.7. The third-order valence-corrected chi connectivity index (χ3v) is 24.7. The monoisotopic (exact) mass is 2050 g/mol. The smallest absolute Gasteiger partial charge is 0.376 e. The molecule has 824 valence electrons. The normalized spacial score (nSPS) is 13.0. The zero-order valence-electron chi connectivity index (χ0n) is 90.4. The minimum atomic E-state index is -2.21. The van der Waals surface area contributed by atoms with E-state index in [9.17, 15) is 102 Å². The Kier molecular flexibility index (Phi) is 78.2. The van der Waals surface area contributed by atoms with Crippen molar-refractivity contribution >= 4 is 132 Å². The first-order chi connectivity index (χ1) is 68.2. The fourth-order valence-electron chi connectivity index (χ4n) is 16.7. The maximum Gasteiger partial charge on any atom is 0.376 e. The lowest BCUT2D eigenvalue weighted by Gasteiger charge is -2.35. The Balaban J connectivity index is 5.34. The van der Waals surface area contributed by atoms with Crippen molar-refractivity contribution in [3.63, 3.8) is 0 Å². The zero-order chi connectivity index (χ0) is 108. The molecule has 0 spiro atoms. The Labute approximate surface area is 860 Å². The maximum atomic E-state index is 14.2. The molecule has 5 amide bonds. The third kappa shape index (κ3) is 70.7. The van der Waals surface area contributed by atoms with Gasteiger partial charge in [-0.15, -0.1) is 0 Å². The molecule has 10 N–H and O–H groups in total. The van der Waals surface area contributed by atoms with Crippen LogP contribution >= 0.6 is 0 Å². The van der Waals surface area contributed by atoms with Gasteiger partial charge < -0.3 is 133 Å². The van der Waals surface area contributed by atoms with Crippen molar-refractivity contribution in [1.29, 1.82) is 0 Å². The van der Waals surface area contributed by atoms with Crippen molar-refractivity contribution in [3.05, 3.63) is 0 Å². The summed E-state index contributed by atoms with van der Waals surface area (Å²) in [7, 11) is 0.211. The van der Waals surface area contributed by atoms with Crippen LogP contribution < -0.4 is 21.3 Å². The highest BCUT2D eigenvalue weighted by Gasteiger charge is 2.49. The van der Waals surface area contributed by atoms with E-state index in [2.05, 4.69) is 40.5 Å². The minimum absolute atomic E-state index is 0.126. The molecule has 0 fully saturated rings. The van der Waals surface area contributed by atoms with E-state index in [1.54, 1.807) is 27.3 Å². The SMILES string of the molecule is CB(O)N(C)CCCN(CCCCN(CC(CCCCCCCNC(=O)CCCCCCCCCCCCCCCCCCCCCCCNC(=O)CCC(=O)N(CCNC(=O)[C@@H](OC(C)=O)[C@@H](OC(C)=O)[C@@H](OC(C)=O)[C@@H](COC(C)=O)OC(C)=O)CCNC(=O)[C@H](OC(C)=O)[C@@H](OC(C)=O)[C@H](OC(C)=O)[C@H](COC(C)=O)OC(C)=O)CN(CCCCN(CCCN(C)B(C)O)B(C)O)B(C)O)B(C)O)B(C)O. The number of esters is 10. The number of ether oxygens (including phenoxy) is 10. The molecule has 0 unspecified atom stereocenters. The van der Waals surface area contributed by atoms with Crippen LogP contribution in [0, 0.1) is 5.92 Å². The second-order valence-electron chi connectivity index (χ2n) is 38.0. The first kappa shape index (κ1) is 136. The lowest BCUT2D eigenvalue weighted by atomic mass is 9.80. The molecule has 0 aliphatic heterocycles. The summed E-state index contributed by atoms with van der Waals surface area (Å²) in [6, 6.07) is 0. The molecular weight excluding hydrogens is 1870 g/mol. The number of unbranched alkanes of at least 4 members (excludes halogenated alkanes) is 26. The van der Waals surface area contributed by atoms with E-state index in [0.29, 0.717) is 65.2 Å². The van der Waals surface area contributed by atoms with Crippen LogP contribution in [-0.4, -0.2) is 376 Å². The van der Waals surface area contributed by atoms with Gasteiger partial charge in [0.15, 0.2) is 36.6 Å². The van der Waals surface area contributed by atoms with Crippen molar-refractivity contribution in [2.45, 2.75) is 390 Å². The number of hydrogen-bond donors (Lipinski definition) is 10. The van der Waals surface area contributed by atoms with Gasteiger partial charge in [-0.1, -0.05) is 148 Å². The Hall–Kier alpha value is -8.04. The van der Waals surface area contributed by atoms with E-state index in [-0.39, 0.29) is 18.2 Å². The lowest BCUT2D eigenvalue weighted by molar-refractivity contribution is -0.203. The summed E-state index contributed by atoms with van der Waals surface area (Å²) in [5.41, 5.74) is 0. The van der Waals surface area contributed by atoms with Gasteiger partial charge in [0.2, 0.25) is 29.9 Å². The van der Waals surface area contributed by atoms with Gasteiger partial charge in [0.1, 0.15) is 13.2 Å². The van der Waals surface area contributed by atoms with Crippen LogP contribution in [0.25, 0.3) is 0 Å². The van der Waals surface area contributed by atoms with Crippen molar-refractivity contribution in [3.8, 4) is 0 Å². The van der Waals surface area contributed by atoms with Gasteiger partial charge in [0.25, 0.3) is 11.8 Å². The summed E-state index contributed by atoms with van der Waals surface area (Å²) < 4.78 is 52.8. The van der Waals surface area contributed by atoms with Crippen molar-refractivity contribution < 1.29 is 149 Å². The molecule has 0 aromatic rings. The summed E-state index contributed by atoms with van der Waals surface area (Å²) >= 11 is 0. The van der Waals surface area contributed by atoms with Crippen LogP contribution in [0.4, 0.5) is 0 Å². The Bertz CT molecular complexity index is 3450. The molecule has 0 aliphatic carbocycles. The highest BCUT2D eigenvalue weighted by molar-refractivity contribution is 6.47. The van der Waals surface area contributed by atoms with Crippen LogP contribution in [0.1, 0.15) is 300 Å². The van der Waals surface area contributed by atoms with Gasteiger partial charge in [0.05, 0.1) is 0 Å². The molecule has 42 nitrogen and oxygen atoms in total. The molecule has 0 aromatic heterocycles. The molecule has 0 radical (unpaired) electrons. The summed E-state index contributed by atoms with van der Waals surface area (Å²) in [4.78, 5) is 206. The lowest BCUT2D eigenvalue weighted by Crippen LogP contribution is -2.58. The largest absolute Gasteiger partial charge is 0.462 e. The molecular formula is C96H181B6N11O31. The summed E-state index contributed by atoms with van der Waals surface area (Å²) in [6.07, 6.45) is 18.4. The Morgan fingerprint density at radius 1 is 0.257 bits per heavy atom. The van der Waals surface area contributed by atoms with E-state index < -0.39 is 220 Å². The Morgan fingerprint density at radius 3 is 0.819 bits per heavy atom. The van der Waals surface area contributed by atoms with E-state index in [0.717, 1.165) is 229 Å². The summed E-state index contributed by atoms with van der Waals surface area (Å²) in [5.74, 6) is -13.8. The number of carbonyl (C=O) groups is 15. The number of nitrogens with zero attached hydrogens (tertiary/aromatic N) is 7. The molecule has 0 saturated carbocycles. The van der Waals surface area contributed by atoms with E-state index in [1.165, 1.54) is 77.0 Å².